The van der Waals surface area contributed by atoms with Gasteiger partial charge in [0.25, 0.3) is 11.8 Å². The highest BCUT2D eigenvalue weighted by Crippen LogP contribution is 2.26. The number of halogens is 1. The first-order chi connectivity index (χ1) is 18.3. The Morgan fingerprint density at radius 3 is 2.37 bits per heavy atom. The Balaban J connectivity index is 1.88. The maximum atomic E-state index is 14.4. The topological polar surface area (TPSA) is 71.6 Å². The van der Waals surface area contributed by atoms with Gasteiger partial charge in [0.1, 0.15) is 23.9 Å². The number of rotatable bonds is 8. The lowest BCUT2D eigenvalue weighted by atomic mass is 10.1. The minimum absolute atomic E-state index is 0.0798. The molecular weight excluding hydrogens is 489 g/mol. The maximum Gasteiger partial charge on any atom is 0.260 e. The largest absolute Gasteiger partial charge is 0.497 e. The SMILES string of the molecule is COCC(=O)N1CCCN(CC(C)C)CCCN(C(=O)COc2cccc(OC)c2)Cc2cc(F)ccc21. The van der Waals surface area contributed by atoms with Gasteiger partial charge in [-0.25, -0.2) is 4.39 Å². The third kappa shape index (κ3) is 8.70. The summed E-state index contributed by atoms with van der Waals surface area (Å²) in [6.45, 7) is 7.80. The van der Waals surface area contributed by atoms with E-state index in [1.54, 1.807) is 47.2 Å². The number of anilines is 1. The molecule has 0 fully saturated rings. The Bertz CT molecular complexity index is 1060. The molecule has 1 heterocycles. The van der Waals surface area contributed by atoms with Crippen LogP contribution in [0.2, 0.25) is 0 Å². The van der Waals surface area contributed by atoms with Gasteiger partial charge in [0, 0.05) is 45.0 Å². The molecule has 0 bridgehead atoms. The first-order valence-electron chi connectivity index (χ1n) is 13.2. The standard InChI is InChI=1S/C29H40FN3O5/c1-22(2)18-31-12-6-14-32(28(34)21-38-26-9-5-8-25(17-26)37-4)19-23-16-24(30)10-11-27(23)33(15-7-13-31)29(35)20-36-3/h5,8-11,16-17,22H,6-7,12-15,18-21H2,1-4H3. The molecular formula is C29H40FN3O5. The second-order valence-electron chi connectivity index (χ2n) is 9.94. The van der Waals surface area contributed by atoms with Crippen molar-refractivity contribution in [3.05, 3.63) is 53.8 Å². The van der Waals surface area contributed by atoms with Crippen molar-refractivity contribution < 1.29 is 28.2 Å². The van der Waals surface area contributed by atoms with Gasteiger partial charge >= 0.3 is 0 Å². The first kappa shape index (κ1) is 29.4. The number of hydrogen-bond donors (Lipinski definition) is 0. The van der Waals surface area contributed by atoms with Crippen LogP contribution in [0, 0.1) is 11.7 Å². The summed E-state index contributed by atoms with van der Waals surface area (Å²) in [6.07, 6.45) is 1.55. The summed E-state index contributed by atoms with van der Waals surface area (Å²) in [6, 6.07) is 11.4. The first-order valence-corrected chi connectivity index (χ1v) is 13.2. The molecule has 1 aliphatic heterocycles. The summed E-state index contributed by atoms with van der Waals surface area (Å²) >= 11 is 0. The second kappa shape index (κ2) is 14.7. The molecule has 0 saturated carbocycles. The highest BCUT2D eigenvalue weighted by Gasteiger charge is 2.24. The quantitative estimate of drug-likeness (QED) is 0.515. The molecule has 0 aromatic heterocycles. The minimum atomic E-state index is -0.418. The molecule has 0 N–H and O–H groups in total. The van der Waals surface area contributed by atoms with Crippen LogP contribution in [0.1, 0.15) is 32.3 Å². The van der Waals surface area contributed by atoms with Crippen LogP contribution in [0.4, 0.5) is 10.1 Å². The van der Waals surface area contributed by atoms with Crippen molar-refractivity contribution >= 4 is 17.5 Å². The summed E-state index contributed by atoms with van der Waals surface area (Å²) in [5.41, 5.74) is 1.17. The van der Waals surface area contributed by atoms with E-state index in [1.807, 2.05) is 0 Å². The zero-order valence-corrected chi connectivity index (χ0v) is 23.0. The highest BCUT2D eigenvalue weighted by molar-refractivity contribution is 5.95. The Kier molecular flexibility index (Phi) is 11.4. The Morgan fingerprint density at radius 2 is 1.66 bits per heavy atom. The summed E-state index contributed by atoms with van der Waals surface area (Å²) in [4.78, 5) is 32.1. The van der Waals surface area contributed by atoms with E-state index < -0.39 is 5.82 Å². The van der Waals surface area contributed by atoms with Crippen LogP contribution < -0.4 is 14.4 Å². The lowest BCUT2D eigenvalue weighted by Crippen LogP contribution is -2.41. The Labute approximate surface area is 225 Å². The van der Waals surface area contributed by atoms with Gasteiger partial charge < -0.3 is 28.9 Å². The van der Waals surface area contributed by atoms with Gasteiger partial charge in [-0.2, -0.15) is 0 Å². The van der Waals surface area contributed by atoms with Crippen LogP contribution in [0.5, 0.6) is 11.5 Å². The fraction of sp³-hybridized carbons (Fsp3) is 0.517. The van der Waals surface area contributed by atoms with E-state index in [9.17, 15) is 14.0 Å². The fourth-order valence-electron chi connectivity index (χ4n) is 4.70. The number of ether oxygens (including phenoxy) is 3. The van der Waals surface area contributed by atoms with Gasteiger partial charge in [0.15, 0.2) is 6.61 Å². The molecule has 3 rings (SSSR count). The predicted octanol–water partition coefficient (Wildman–Crippen LogP) is 3.97. The van der Waals surface area contributed by atoms with Crippen LogP contribution in [-0.2, 0) is 20.9 Å². The van der Waals surface area contributed by atoms with Crippen LogP contribution in [0.25, 0.3) is 0 Å². The molecule has 0 radical (unpaired) electrons. The van der Waals surface area contributed by atoms with Crippen molar-refractivity contribution in [1.82, 2.24) is 9.80 Å². The lowest BCUT2D eigenvalue weighted by Gasteiger charge is -2.32. The average molecular weight is 530 g/mol. The molecule has 2 amide bonds. The number of benzene rings is 2. The van der Waals surface area contributed by atoms with E-state index in [2.05, 4.69) is 18.7 Å². The van der Waals surface area contributed by atoms with Crippen LogP contribution in [0.3, 0.4) is 0 Å². The molecule has 38 heavy (non-hydrogen) atoms. The molecule has 1 aliphatic rings. The number of fused-ring (bicyclic) bond motifs is 1. The van der Waals surface area contributed by atoms with Crippen molar-refractivity contribution in [3.8, 4) is 11.5 Å². The van der Waals surface area contributed by atoms with Gasteiger partial charge in [-0.15, -0.1) is 0 Å². The van der Waals surface area contributed by atoms with Crippen LogP contribution in [-0.4, -0.2) is 81.8 Å². The van der Waals surface area contributed by atoms with E-state index in [1.165, 1.54) is 19.2 Å². The smallest absolute Gasteiger partial charge is 0.260 e. The summed E-state index contributed by atoms with van der Waals surface area (Å²) in [5, 5.41) is 0. The molecule has 0 spiro atoms. The van der Waals surface area contributed by atoms with Crippen molar-refractivity contribution in [1.29, 1.82) is 0 Å². The molecule has 208 valence electrons. The lowest BCUT2D eigenvalue weighted by molar-refractivity contribution is -0.134. The number of amides is 2. The number of methoxy groups -OCH3 is 2. The van der Waals surface area contributed by atoms with Gasteiger partial charge in [-0.3, -0.25) is 9.59 Å². The number of hydrogen-bond acceptors (Lipinski definition) is 6. The maximum absolute atomic E-state index is 14.4. The molecule has 2 aromatic carbocycles. The molecule has 2 aromatic rings. The average Bonchev–Trinajstić information content (AvgIpc) is 2.88. The van der Waals surface area contributed by atoms with Crippen LogP contribution >= 0.6 is 0 Å². The zero-order chi connectivity index (χ0) is 27.5. The molecule has 0 saturated heterocycles. The van der Waals surface area contributed by atoms with E-state index in [0.29, 0.717) is 41.8 Å². The monoisotopic (exact) mass is 529 g/mol. The second-order valence-corrected chi connectivity index (χ2v) is 9.94. The summed E-state index contributed by atoms with van der Waals surface area (Å²) in [7, 11) is 3.05. The molecule has 8 nitrogen and oxygen atoms in total. The molecule has 9 heteroatoms. The van der Waals surface area contributed by atoms with Crippen LogP contribution in [0.15, 0.2) is 42.5 Å². The number of nitrogens with zero attached hydrogens (tertiary/aromatic N) is 3. The van der Waals surface area contributed by atoms with E-state index in [4.69, 9.17) is 14.2 Å². The Hall–Kier alpha value is -3.17. The highest BCUT2D eigenvalue weighted by atomic mass is 19.1. The molecule has 0 unspecified atom stereocenters. The normalized spacial score (nSPS) is 15.4. The minimum Gasteiger partial charge on any atom is -0.497 e. The van der Waals surface area contributed by atoms with Crippen molar-refractivity contribution in [3.63, 3.8) is 0 Å². The molecule has 0 atom stereocenters. The predicted molar refractivity (Wildman–Crippen MR) is 145 cm³/mol. The zero-order valence-electron chi connectivity index (χ0n) is 23.0. The van der Waals surface area contributed by atoms with Crippen molar-refractivity contribution in [2.45, 2.75) is 33.2 Å². The summed E-state index contributed by atoms with van der Waals surface area (Å²) < 4.78 is 30.5. The van der Waals surface area contributed by atoms with E-state index in [-0.39, 0.29) is 31.6 Å². The Morgan fingerprint density at radius 1 is 0.921 bits per heavy atom. The summed E-state index contributed by atoms with van der Waals surface area (Å²) in [5.74, 6) is 0.817. The molecule has 0 aliphatic carbocycles. The van der Waals surface area contributed by atoms with Crippen molar-refractivity contribution in [2.24, 2.45) is 5.92 Å². The third-order valence-electron chi connectivity index (χ3n) is 6.40. The van der Waals surface area contributed by atoms with Gasteiger partial charge in [-0.05, 0) is 67.7 Å². The number of carbonyl (C=O) groups excluding carboxylic acids is 2. The van der Waals surface area contributed by atoms with Gasteiger partial charge in [0.05, 0.1) is 7.11 Å². The third-order valence-corrected chi connectivity index (χ3v) is 6.40. The van der Waals surface area contributed by atoms with E-state index in [0.717, 1.165) is 32.5 Å². The number of carbonyl (C=O) groups is 2. The van der Waals surface area contributed by atoms with Gasteiger partial charge in [-0.1, -0.05) is 19.9 Å². The van der Waals surface area contributed by atoms with Crippen molar-refractivity contribution in [2.75, 3.05) is 65.1 Å². The van der Waals surface area contributed by atoms with Gasteiger partial charge in [0.2, 0.25) is 0 Å². The van der Waals surface area contributed by atoms with E-state index >= 15 is 0 Å². The fourth-order valence-corrected chi connectivity index (χ4v) is 4.70.